The molecule has 0 aliphatic carbocycles. The number of esters is 1. The summed E-state index contributed by atoms with van der Waals surface area (Å²) in [5.74, 6) is -5.69. The van der Waals surface area contributed by atoms with Crippen LogP contribution in [0.5, 0.6) is 23.0 Å². The Balaban J connectivity index is 1.35. The Morgan fingerprint density at radius 2 is 1.14 bits per heavy atom. The van der Waals surface area contributed by atoms with Gasteiger partial charge in [0.15, 0.2) is 0 Å². The average molecular weight is 797 g/mol. The third-order valence-corrected chi connectivity index (χ3v) is 9.21. The van der Waals surface area contributed by atoms with Gasteiger partial charge in [0.05, 0.1) is 23.4 Å². The molecule has 57 heavy (non-hydrogen) atoms. The van der Waals surface area contributed by atoms with Crippen molar-refractivity contribution in [2.45, 2.75) is 52.3 Å². The number of halogens is 6. The monoisotopic (exact) mass is 796 g/mol. The number of nitrogens with zero attached hydrogens (tertiary/aromatic N) is 2. The van der Waals surface area contributed by atoms with Crippen LogP contribution in [0.2, 0.25) is 0 Å². The Labute approximate surface area is 318 Å². The summed E-state index contributed by atoms with van der Waals surface area (Å²) in [5, 5.41) is 20.7. The van der Waals surface area contributed by atoms with Crippen LogP contribution < -0.4 is 14.2 Å². The molecule has 2 aromatic heterocycles. The number of ether oxygens (including phenoxy) is 3. The molecule has 0 saturated heterocycles. The molecular formula is C40H30F6N2O9. The molecule has 1 unspecified atom stereocenters. The smallest absolute Gasteiger partial charge is 0.508 e. The van der Waals surface area contributed by atoms with E-state index in [1.165, 1.54) is 52.5 Å². The Bertz CT molecular complexity index is 2550. The molecule has 4 aromatic carbocycles. The van der Waals surface area contributed by atoms with E-state index in [9.17, 15) is 55.7 Å². The molecule has 2 heterocycles. The number of hydrogen-bond donors (Lipinski definition) is 2. The first-order valence-electron chi connectivity index (χ1n) is 17.0. The number of carboxylic acids is 1. The first-order chi connectivity index (χ1) is 26.8. The molecule has 1 atom stereocenters. The van der Waals surface area contributed by atoms with Gasteiger partial charge in [0, 0.05) is 33.3 Å². The lowest BCUT2D eigenvalue weighted by molar-refractivity contribution is -0.275. The summed E-state index contributed by atoms with van der Waals surface area (Å²) in [6.07, 6.45) is -10.3. The van der Waals surface area contributed by atoms with Crippen molar-refractivity contribution in [1.29, 1.82) is 0 Å². The number of phenols is 1. The Hall–Kier alpha value is -6.78. The first-order valence-corrected chi connectivity index (χ1v) is 17.0. The lowest BCUT2D eigenvalue weighted by Gasteiger charge is -2.16. The molecule has 0 spiro atoms. The highest BCUT2D eigenvalue weighted by Gasteiger charge is 2.33. The minimum Gasteiger partial charge on any atom is -0.508 e. The van der Waals surface area contributed by atoms with E-state index in [0.29, 0.717) is 10.9 Å². The van der Waals surface area contributed by atoms with Crippen LogP contribution in [0.15, 0.2) is 84.9 Å². The first kappa shape index (κ1) is 39.9. The van der Waals surface area contributed by atoms with Gasteiger partial charge in [-0.3, -0.25) is 28.3 Å². The number of aromatic nitrogens is 2. The molecule has 0 amide bonds. The number of aliphatic carboxylic acids is 1. The molecule has 6 rings (SSSR count). The number of fused-ring (bicyclic) bond motifs is 2. The van der Waals surface area contributed by atoms with Crippen molar-refractivity contribution in [2.24, 2.45) is 0 Å². The third kappa shape index (κ3) is 8.27. The molecule has 0 fully saturated rings. The topological polar surface area (TPSA) is 146 Å². The molecule has 6 aromatic rings. The molecule has 0 aliphatic heterocycles. The van der Waals surface area contributed by atoms with Crippen LogP contribution >= 0.6 is 0 Å². The molecule has 0 bridgehead atoms. The van der Waals surface area contributed by atoms with E-state index in [2.05, 4.69) is 9.47 Å². The van der Waals surface area contributed by atoms with Gasteiger partial charge in [-0.2, -0.15) is 0 Å². The Morgan fingerprint density at radius 3 is 1.63 bits per heavy atom. The number of carboxylic acid groups (broad SMARTS) is 1. The molecule has 0 saturated carbocycles. The molecule has 17 heteroatoms. The van der Waals surface area contributed by atoms with Gasteiger partial charge in [0.25, 0.3) is 11.8 Å². The lowest BCUT2D eigenvalue weighted by atomic mass is 9.93. The fraction of sp³-hybridized carbons (Fsp3) is 0.200. The molecule has 11 nitrogen and oxygen atoms in total. The van der Waals surface area contributed by atoms with Crippen molar-refractivity contribution in [1.82, 2.24) is 9.13 Å². The molecule has 0 aliphatic rings. The number of rotatable bonds is 10. The van der Waals surface area contributed by atoms with Gasteiger partial charge in [-0.1, -0.05) is 6.92 Å². The zero-order chi connectivity index (χ0) is 41.6. The molecule has 296 valence electrons. The molecule has 0 radical (unpaired) electrons. The SMILES string of the molecule is CCC(C(=O)Oc1ccc2c(c1)c(CC(=O)O)c(C)n2C(=O)c1ccc(OC(F)(F)F)cc1)c1c(C)n(C(=O)c2ccc(OC(F)(F)F)cc2)c2ccc(O)cc12. The Morgan fingerprint density at radius 1 is 0.667 bits per heavy atom. The second-order valence-corrected chi connectivity index (χ2v) is 12.8. The fourth-order valence-corrected chi connectivity index (χ4v) is 6.83. The zero-order valence-corrected chi connectivity index (χ0v) is 30.0. The van der Waals surface area contributed by atoms with E-state index >= 15 is 0 Å². The summed E-state index contributed by atoms with van der Waals surface area (Å²) in [6, 6.07) is 16.8. The zero-order valence-electron chi connectivity index (χ0n) is 30.0. The van der Waals surface area contributed by atoms with E-state index in [0.717, 1.165) is 48.5 Å². The average Bonchev–Trinajstić information content (AvgIpc) is 3.55. The van der Waals surface area contributed by atoms with Gasteiger partial charge < -0.3 is 24.4 Å². The fourth-order valence-electron chi connectivity index (χ4n) is 6.83. The van der Waals surface area contributed by atoms with E-state index in [4.69, 9.17) is 4.74 Å². The number of carbonyl (C=O) groups excluding carboxylic acids is 3. The summed E-state index contributed by atoms with van der Waals surface area (Å²) in [5.41, 5.74) is 1.52. The van der Waals surface area contributed by atoms with Crippen LogP contribution in [0, 0.1) is 13.8 Å². The lowest BCUT2D eigenvalue weighted by Crippen LogP contribution is -2.20. The predicted molar refractivity (Wildman–Crippen MR) is 191 cm³/mol. The van der Waals surface area contributed by atoms with Crippen molar-refractivity contribution >= 4 is 45.6 Å². The number of benzene rings is 4. The summed E-state index contributed by atoms with van der Waals surface area (Å²) in [6.45, 7) is 4.74. The van der Waals surface area contributed by atoms with Gasteiger partial charge in [-0.25, -0.2) is 0 Å². The number of phenolic OH excluding ortho intramolecular Hbond substituents is 1. The van der Waals surface area contributed by atoms with Crippen LogP contribution in [0.1, 0.15) is 62.5 Å². The van der Waals surface area contributed by atoms with Crippen LogP contribution in [0.25, 0.3) is 21.8 Å². The van der Waals surface area contributed by atoms with Gasteiger partial charge >= 0.3 is 24.7 Å². The summed E-state index contributed by atoms with van der Waals surface area (Å²) < 4.78 is 92.2. The minimum absolute atomic E-state index is 0.00145. The third-order valence-electron chi connectivity index (χ3n) is 9.21. The van der Waals surface area contributed by atoms with Crippen LogP contribution in [-0.4, -0.2) is 55.8 Å². The van der Waals surface area contributed by atoms with Gasteiger partial charge in [-0.15, -0.1) is 26.3 Å². The van der Waals surface area contributed by atoms with E-state index in [-0.39, 0.29) is 62.4 Å². The largest absolute Gasteiger partial charge is 0.573 e. The second kappa shape index (κ2) is 15.0. The summed E-state index contributed by atoms with van der Waals surface area (Å²) in [4.78, 5) is 53.4. The molecular weight excluding hydrogens is 766 g/mol. The maximum atomic E-state index is 14.0. The van der Waals surface area contributed by atoms with Crippen LogP contribution in [0.3, 0.4) is 0 Å². The van der Waals surface area contributed by atoms with E-state index in [1.54, 1.807) is 13.8 Å². The quantitative estimate of drug-likeness (QED) is 0.0789. The number of carbonyl (C=O) groups is 4. The van der Waals surface area contributed by atoms with Crippen molar-refractivity contribution in [3.63, 3.8) is 0 Å². The highest BCUT2D eigenvalue weighted by atomic mass is 19.4. The highest BCUT2D eigenvalue weighted by Crippen LogP contribution is 2.38. The Kier molecular flexibility index (Phi) is 10.5. The maximum Gasteiger partial charge on any atom is 0.573 e. The standard InChI is InChI=1S/C40H30F6N2O9/c1-4-28(35-21(3)48(33-15-9-24(49)17-31(33)35)37(53)23-7-12-26(13-8-23)57-40(44,45)46)38(54)55-27-14-16-32-30(18-27)29(19-34(50)51)20(2)47(32)36(52)22-5-10-25(11-6-22)56-39(41,42)43/h5-18,28,49H,4,19H2,1-3H3,(H,50,51). The predicted octanol–water partition coefficient (Wildman–Crippen LogP) is 8.82. The molecule has 2 N–H and O–H groups in total. The highest BCUT2D eigenvalue weighted by molar-refractivity contribution is 6.06. The summed E-state index contributed by atoms with van der Waals surface area (Å²) in [7, 11) is 0. The maximum absolute atomic E-state index is 14.0. The van der Waals surface area contributed by atoms with Crippen molar-refractivity contribution in [3.8, 4) is 23.0 Å². The summed E-state index contributed by atoms with van der Waals surface area (Å²) >= 11 is 0. The van der Waals surface area contributed by atoms with Crippen molar-refractivity contribution in [2.75, 3.05) is 0 Å². The normalized spacial score (nSPS) is 12.4. The number of hydrogen-bond acceptors (Lipinski definition) is 8. The van der Waals surface area contributed by atoms with Crippen LogP contribution in [0.4, 0.5) is 26.3 Å². The van der Waals surface area contributed by atoms with Gasteiger partial charge in [0.1, 0.15) is 23.0 Å². The van der Waals surface area contributed by atoms with E-state index in [1.807, 2.05) is 0 Å². The van der Waals surface area contributed by atoms with Crippen molar-refractivity contribution < 1.29 is 69.9 Å². The number of aromatic hydroxyl groups is 1. The van der Waals surface area contributed by atoms with Gasteiger partial charge in [-0.05, 0) is 116 Å². The number of alkyl halides is 6. The van der Waals surface area contributed by atoms with Crippen LogP contribution in [-0.2, 0) is 16.0 Å². The van der Waals surface area contributed by atoms with Gasteiger partial charge in [0.2, 0.25) is 0 Å². The van der Waals surface area contributed by atoms with Crippen molar-refractivity contribution in [3.05, 3.63) is 119 Å². The second-order valence-electron chi connectivity index (χ2n) is 12.8. The van der Waals surface area contributed by atoms with E-state index < -0.39 is 60.3 Å². The minimum atomic E-state index is -4.95.